The summed E-state index contributed by atoms with van der Waals surface area (Å²) in [5.74, 6) is -0.00718. The molecular weight excluding hydrogens is 272 g/mol. The number of hydrogen-bond donors (Lipinski definition) is 2. The fourth-order valence-electron chi connectivity index (χ4n) is 2.71. The SMILES string of the molecule is ON=C(c1ccc[nH]1)C(Cc1ccccc1)c1ccccc1. The van der Waals surface area contributed by atoms with Crippen molar-refractivity contribution in [3.63, 3.8) is 0 Å². The van der Waals surface area contributed by atoms with Gasteiger partial charge in [-0.1, -0.05) is 65.8 Å². The van der Waals surface area contributed by atoms with Gasteiger partial charge in [-0.25, -0.2) is 0 Å². The van der Waals surface area contributed by atoms with E-state index >= 15 is 0 Å². The van der Waals surface area contributed by atoms with E-state index in [4.69, 9.17) is 0 Å². The summed E-state index contributed by atoms with van der Waals surface area (Å²) in [4.78, 5) is 3.13. The Morgan fingerprint density at radius 1 is 0.909 bits per heavy atom. The molecule has 0 bridgehead atoms. The molecule has 3 aromatic rings. The van der Waals surface area contributed by atoms with Crippen molar-refractivity contribution in [2.24, 2.45) is 5.16 Å². The van der Waals surface area contributed by atoms with Crippen LogP contribution in [0.3, 0.4) is 0 Å². The molecule has 3 rings (SSSR count). The van der Waals surface area contributed by atoms with Crippen molar-refractivity contribution in [2.45, 2.75) is 12.3 Å². The molecule has 0 aliphatic rings. The zero-order chi connectivity index (χ0) is 15.2. The van der Waals surface area contributed by atoms with Crippen LogP contribution in [-0.4, -0.2) is 15.9 Å². The van der Waals surface area contributed by atoms with E-state index in [0.717, 1.165) is 17.7 Å². The largest absolute Gasteiger partial charge is 0.411 e. The van der Waals surface area contributed by atoms with Gasteiger partial charge in [0, 0.05) is 12.1 Å². The van der Waals surface area contributed by atoms with Gasteiger partial charge in [-0.3, -0.25) is 0 Å². The van der Waals surface area contributed by atoms with Gasteiger partial charge in [0.05, 0.1) is 5.69 Å². The van der Waals surface area contributed by atoms with Crippen molar-refractivity contribution in [2.75, 3.05) is 0 Å². The number of aromatic nitrogens is 1. The number of oxime groups is 1. The van der Waals surface area contributed by atoms with E-state index in [1.165, 1.54) is 5.56 Å². The molecule has 2 N–H and O–H groups in total. The van der Waals surface area contributed by atoms with Gasteiger partial charge in [0.2, 0.25) is 0 Å². The number of nitrogens with one attached hydrogen (secondary N) is 1. The van der Waals surface area contributed by atoms with E-state index in [0.29, 0.717) is 5.71 Å². The lowest BCUT2D eigenvalue weighted by Crippen LogP contribution is -2.17. The summed E-state index contributed by atoms with van der Waals surface area (Å²) >= 11 is 0. The molecule has 0 saturated heterocycles. The van der Waals surface area contributed by atoms with Crippen LogP contribution in [0.2, 0.25) is 0 Å². The van der Waals surface area contributed by atoms with Crippen molar-refractivity contribution >= 4 is 5.71 Å². The minimum Gasteiger partial charge on any atom is -0.411 e. The smallest absolute Gasteiger partial charge is 0.111 e. The Morgan fingerprint density at radius 2 is 1.59 bits per heavy atom. The Hall–Kier alpha value is -2.81. The summed E-state index contributed by atoms with van der Waals surface area (Å²) in [5, 5.41) is 13.2. The van der Waals surface area contributed by atoms with Gasteiger partial charge in [-0.05, 0) is 29.7 Å². The minimum absolute atomic E-state index is 0.00718. The monoisotopic (exact) mass is 290 g/mol. The average molecular weight is 290 g/mol. The van der Waals surface area contributed by atoms with Gasteiger partial charge >= 0.3 is 0 Å². The Balaban J connectivity index is 1.99. The molecule has 0 radical (unpaired) electrons. The van der Waals surface area contributed by atoms with Crippen molar-refractivity contribution in [1.82, 2.24) is 4.98 Å². The molecular formula is C19H18N2O. The molecule has 0 aliphatic heterocycles. The Kier molecular flexibility index (Phi) is 4.35. The molecule has 1 unspecified atom stereocenters. The summed E-state index contributed by atoms with van der Waals surface area (Å²) in [6.45, 7) is 0. The van der Waals surface area contributed by atoms with Gasteiger partial charge in [0.1, 0.15) is 5.71 Å². The first kappa shape index (κ1) is 14.1. The summed E-state index contributed by atoms with van der Waals surface area (Å²) in [6.07, 6.45) is 2.62. The highest BCUT2D eigenvalue weighted by Crippen LogP contribution is 2.25. The lowest BCUT2D eigenvalue weighted by molar-refractivity contribution is 0.317. The van der Waals surface area contributed by atoms with Crippen LogP contribution in [0.5, 0.6) is 0 Å². The Bertz CT molecular complexity index is 719. The maximum atomic E-state index is 9.58. The van der Waals surface area contributed by atoms with E-state index in [9.17, 15) is 5.21 Å². The standard InChI is InChI=1S/C19H18N2O/c22-21-19(18-12-7-13-20-18)17(16-10-5-2-6-11-16)14-15-8-3-1-4-9-15/h1-13,17,20,22H,14H2. The number of H-pyrrole nitrogens is 1. The second-order valence-electron chi connectivity index (χ2n) is 5.22. The first-order valence-electron chi connectivity index (χ1n) is 7.33. The van der Waals surface area contributed by atoms with Crippen molar-refractivity contribution in [3.05, 3.63) is 95.8 Å². The van der Waals surface area contributed by atoms with Crippen LogP contribution in [0.25, 0.3) is 0 Å². The molecule has 3 nitrogen and oxygen atoms in total. The Labute approximate surface area is 129 Å². The molecule has 0 aliphatic carbocycles. The maximum Gasteiger partial charge on any atom is 0.111 e. The zero-order valence-electron chi connectivity index (χ0n) is 12.2. The van der Waals surface area contributed by atoms with Crippen LogP contribution in [-0.2, 0) is 6.42 Å². The van der Waals surface area contributed by atoms with Crippen molar-refractivity contribution in [1.29, 1.82) is 0 Å². The van der Waals surface area contributed by atoms with Crippen LogP contribution in [0.4, 0.5) is 0 Å². The van der Waals surface area contributed by atoms with E-state index < -0.39 is 0 Å². The first-order valence-corrected chi connectivity index (χ1v) is 7.33. The maximum absolute atomic E-state index is 9.58. The van der Waals surface area contributed by atoms with E-state index in [-0.39, 0.29) is 5.92 Å². The van der Waals surface area contributed by atoms with Crippen LogP contribution >= 0.6 is 0 Å². The van der Waals surface area contributed by atoms with E-state index in [1.54, 1.807) is 0 Å². The number of aromatic amines is 1. The third-order valence-corrected chi connectivity index (χ3v) is 3.80. The van der Waals surface area contributed by atoms with Crippen LogP contribution in [0, 0.1) is 0 Å². The molecule has 3 heteroatoms. The quantitative estimate of drug-likeness (QED) is 0.412. The summed E-state index contributed by atoms with van der Waals surface area (Å²) in [6, 6.07) is 24.3. The highest BCUT2D eigenvalue weighted by Gasteiger charge is 2.21. The third-order valence-electron chi connectivity index (χ3n) is 3.80. The molecule has 0 amide bonds. The van der Waals surface area contributed by atoms with Gasteiger partial charge in [-0.15, -0.1) is 0 Å². The van der Waals surface area contributed by atoms with Crippen molar-refractivity contribution in [3.8, 4) is 0 Å². The number of benzene rings is 2. The second-order valence-corrected chi connectivity index (χ2v) is 5.22. The topological polar surface area (TPSA) is 48.4 Å². The predicted octanol–water partition coefficient (Wildman–Crippen LogP) is 4.22. The molecule has 0 spiro atoms. The number of nitrogens with zero attached hydrogens (tertiary/aromatic N) is 1. The molecule has 2 aromatic carbocycles. The predicted molar refractivity (Wildman–Crippen MR) is 88.4 cm³/mol. The van der Waals surface area contributed by atoms with Crippen molar-refractivity contribution < 1.29 is 5.21 Å². The molecule has 1 atom stereocenters. The summed E-state index contributed by atoms with van der Waals surface area (Å²) in [7, 11) is 0. The highest BCUT2D eigenvalue weighted by molar-refractivity contribution is 6.03. The normalized spacial score (nSPS) is 13.0. The lowest BCUT2D eigenvalue weighted by Gasteiger charge is -2.18. The fourth-order valence-corrected chi connectivity index (χ4v) is 2.71. The first-order chi connectivity index (χ1) is 10.9. The van der Waals surface area contributed by atoms with Crippen LogP contribution in [0.15, 0.2) is 84.1 Å². The van der Waals surface area contributed by atoms with Crippen LogP contribution in [0.1, 0.15) is 22.7 Å². The van der Waals surface area contributed by atoms with Gasteiger partial charge in [-0.2, -0.15) is 0 Å². The molecule has 1 heterocycles. The number of hydrogen-bond acceptors (Lipinski definition) is 2. The van der Waals surface area contributed by atoms with Crippen LogP contribution < -0.4 is 0 Å². The average Bonchev–Trinajstić information content (AvgIpc) is 3.11. The van der Waals surface area contributed by atoms with Gasteiger partial charge in [0.15, 0.2) is 0 Å². The zero-order valence-corrected chi connectivity index (χ0v) is 12.2. The van der Waals surface area contributed by atoms with Gasteiger partial charge in [0.25, 0.3) is 0 Å². The second kappa shape index (κ2) is 6.76. The molecule has 0 saturated carbocycles. The van der Waals surface area contributed by atoms with E-state index in [2.05, 4.69) is 34.4 Å². The lowest BCUT2D eigenvalue weighted by atomic mass is 9.86. The molecule has 110 valence electrons. The molecule has 22 heavy (non-hydrogen) atoms. The molecule has 0 fully saturated rings. The van der Waals surface area contributed by atoms with E-state index in [1.807, 2.05) is 54.7 Å². The third kappa shape index (κ3) is 3.09. The Morgan fingerprint density at radius 3 is 2.18 bits per heavy atom. The summed E-state index contributed by atoms with van der Waals surface area (Å²) < 4.78 is 0. The molecule has 1 aromatic heterocycles. The number of rotatable bonds is 5. The van der Waals surface area contributed by atoms with Gasteiger partial charge < -0.3 is 10.2 Å². The fraction of sp³-hybridized carbons (Fsp3) is 0.105. The summed E-state index contributed by atoms with van der Waals surface area (Å²) in [5.41, 5.74) is 3.84. The minimum atomic E-state index is -0.00718. The highest BCUT2D eigenvalue weighted by atomic mass is 16.4.